The number of amides is 2. The molecule has 1 aliphatic heterocycles. The van der Waals surface area contributed by atoms with E-state index in [1.165, 1.54) is 24.3 Å². The second-order valence-electron chi connectivity index (χ2n) is 6.46. The van der Waals surface area contributed by atoms with Gasteiger partial charge in [0.15, 0.2) is 11.5 Å². The van der Waals surface area contributed by atoms with Crippen LogP contribution in [0.4, 0.5) is 10.5 Å². The van der Waals surface area contributed by atoms with Crippen LogP contribution in [-0.4, -0.2) is 16.3 Å². The first-order chi connectivity index (χ1) is 13.9. The number of carbonyl (C=O) groups excluding carboxylic acids is 1. The van der Waals surface area contributed by atoms with Crippen LogP contribution in [0.2, 0.25) is 10.0 Å². The van der Waals surface area contributed by atoms with Crippen molar-refractivity contribution in [1.82, 2.24) is 9.88 Å². The molecule has 8 nitrogen and oxygen atoms in total. The smallest absolute Gasteiger partial charge is 0.347 e. The fourth-order valence-electron chi connectivity index (χ4n) is 2.78. The molecule has 1 saturated carbocycles. The molecule has 2 aromatic rings. The Labute approximate surface area is 175 Å². The summed E-state index contributed by atoms with van der Waals surface area (Å²) in [5.74, 6) is 0.578. The highest BCUT2D eigenvalue weighted by atomic mass is 35.5. The number of rotatable bonds is 4. The lowest BCUT2D eigenvalue weighted by Gasteiger charge is -2.24. The average molecular weight is 430 g/mol. The molecular formula is C19H13Cl2N5O3. The number of ether oxygens (including phenoxy) is 1. The van der Waals surface area contributed by atoms with E-state index < -0.39 is 6.03 Å². The zero-order valence-corrected chi connectivity index (χ0v) is 16.4. The normalized spacial score (nSPS) is 16.2. The van der Waals surface area contributed by atoms with Crippen LogP contribution in [0.5, 0.6) is 11.5 Å². The number of urea groups is 1. The number of nitrogens with zero attached hydrogens (tertiary/aromatic N) is 4. The Balaban J connectivity index is 1.66. The van der Waals surface area contributed by atoms with Gasteiger partial charge in [0.05, 0.1) is 27.6 Å². The van der Waals surface area contributed by atoms with E-state index in [0.717, 1.165) is 17.9 Å². The highest BCUT2D eigenvalue weighted by Gasteiger charge is 2.27. The molecular weight excluding hydrogens is 417 g/mol. The number of aromatic nitrogens is 1. The molecule has 0 bridgehead atoms. The molecule has 1 aliphatic carbocycles. The summed E-state index contributed by atoms with van der Waals surface area (Å²) in [6, 6.07) is 7.27. The van der Waals surface area contributed by atoms with E-state index in [2.05, 4.69) is 17.0 Å². The fourth-order valence-corrected chi connectivity index (χ4v) is 3.33. The summed E-state index contributed by atoms with van der Waals surface area (Å²) in [7, 11) is 0. The maximum Gasteiger partial charge on any atom is 0.347 e. The van der Waals surface area contributed by atoms with Crippen LogP contribution in [0.3, 0.4) is 0 Å². The molecule has 0 unspecified atom stereocenters. The average Bonchev–Trinajstić information content (AvgIpc) is 3.51. The first-order valence-corrected chi connectivity index (χ1v) is 9.31. The fraction of sp³-hybridized carbons (Fsp3) is 0.158. The van der Waals surface area contributed by atoms with Gasteiger partial charge in [0.25, 0.3) is 5.56 Å². The molecule has 1 N–H and O–H groups in total. The minimum Gasteiger partial charge on any atom is -0.453 e. The number of nitriles is 1. The summed E-state index contributed by atoms with van der Waals surface area (Å²) >= 11 is 12.7. The number of hydrazone groups is 1. The maximum absolute atomic E-state index is 12.2. The first kappa shape index (κ1) is 19.1. The molecule has 0 atom stereocenters. The maximum atomic E-state index is 12.2. The largest absolute Gasteiger partial charge is 0.453 e. The van der Waals surface area contributed by atoms with Crippen LogP contribution in [0.25, 0.3) is 0 Å². The standard InChI is InChI=1S/C19H13Cl2N5O3/c1-10-16(8-22)24-26(19(28)23-10)12-6-14(20)18(15(21)7-12)29-13-4-5-17(27)25(9-13)11-2-3-11/h4-7,9,11H,1-3H2,(H,23,28). The monoisotopic (exact) mass is 429 g/mol. The Morgan fingerprint density at radius 1 is 1.24 bits per heavy atom. The molecule has 1 aromatic carbocycles. The van der Waals surface area contributed by atoms with Gasteiger partial charge in [-0.15, -0.1) is 0 Å². The van der Waals surface area contributed by atoms with Crippen molar-refractivity contribution < 1.29 is 9.53 Å². The van der Waals surface area contributed by atoms with Crippen LogP contribution < -0.4 is 20.6 Å². The Kier molecular flexibility index (Phi) is 4.78. The summed E-state index contributed by atoms with van der Waals surface area (Å²) in [6.45, 7) is 3.56. The zero-order chi connectivity index (χ0) is 20.7. The third-order valence-electron chi connectivity index (χ3n) is 4.34. The van der Waals surface area contributed by atoms with Crippen LogP contribution >= 0.6 is 23.2 Å². The molecule has 29 heavy (non-hydrogen) atoms. The van der Waals surface area contributed by atoms with E-state index in [0.29, 0.717) is 5.75 Å². The van der Waals surface area contributed by atoms with Crippen LogP contribution in [0.1, 0.15) is 18.9 Å². The number of allylic oxidation sites excluding steroid dienone is 1. The zero-order valence-electron chi connectivity index (χ0n) is 14.9. The molecule has 2 heterocycles. The minimum absolute atomic E-state index is 0.0421. The number of carbonyl (C=O) groups is 1. The number of benzene rings is 1. The predicted octanol–water partition coefficient (Wildman–Crippen LogP) is 4.21. The van der Waals surface area contributed by atoms with Crippen molar-refractivity contribution in [3.8, 4) is 17.6 Å². The molecule has 0 spiro atoms. The van der Waals surface area contributed by atoms with E-state index in [1.807, 2.05) is 6.07 Å². The van der Waals surface area contributed by atoms with Crippen LogP contribution in [0, 0.1) is 11.3 Å². The van der Waals surface area contributed by atoms with Crippen molar-refractivity contribution in [2.45, 2.75) is 18.9 Å². The van der Waals surface area contributed by atoms with Crippen molar-refractivity contribution >= 4 is 40.6 Å². The summed E-state index contributed by atoms with van der Waals surface area (Å²) in [4.78, 5) is 24.1. The van der Waals surface area contributed by atoms with Crippen LogP contribution in [-0.2, 0) is 0 Å². The van der Waals surface area contributed by atoms with Gasteiger partial charge in [0.2, 0.25) is 0 Å². The Bertz CT molecular complexity index is 1150. The number of hydrogen-bond acceptors (Lipinski definition) is 5. The highest BCUT2D eigenvalue weighted by molar-refractivity contribution is 6.37. The van der Waals surface area contributed by atoms with Gasteiger partial charge < -0.3 is 14.6 Å². The number of nitrogens with one attached hydrogen (secondary N) is 1. The van der Waals surface area contributed by atoms with Crippen molar-refractivity contribution in [2.75, 3.05) is 5.01 Å². The topological polar surface area (TPSA) is 99.7 Å². The lowest BCUT2D eigenvalue weighted by Crippen LogP contribution is -2.42. The summed E-state index contributed by atoms with van der Waals surface area (Å²) in [5, 5.41) is 16.7. The molecule has 0 saturated heterocycles. The van der Waals surface area contributed by atoms with Gasteiger partial charge >= 0.3 is 6.03 Å². The third kappa shape index (κ3) is 3.70. The molecule has 2 amide bonds. The quantitative estimate of drug-likeness (QED) is 0.786. The van der Waals surface area contributed by atoms with Crippen molar-refractivity contribution in [1.29, 1.82) is 5.26 Å². The minimum atomic E-state index is -0.605. The van der Waals surface area contributed by atoms with E-state index >= 15 is 0 Å². The van der Waals surface area contributed by atoms with E-state index in [9.17, 15) is 9.59 Å². The molecule has 10 heteroatoms. The summed E-state index contributed by atoms with van der Waals surface area (Å²) in [5.41, 5.74) is 0.209. The lowest BCUT2D eigenvalue weighted by atomic mass is 10.2. The predicted molar refractivity (Wildman–Crippen MR) is 109 cm³/mol. The molecule has 1 aromatic heterocycles. The molecule has 146 valence electrons. The number of pyridine rings is 1. The van der Waals surface area contributed by atoms with Crippen molar-refractivity contribution in [3.63, 3.8) is 0 Å². The van der Waals surface area contributed by atoms with Gasteiger partial charge in [-0.2, -0.15) is 15.4 Å². The summed E-state index contributed by atoms with van der Waals surface area (Å²) < 4.78 is 7.42. The Morgan fingerprint density at radius 2 is 1.93 bits per heavy atom. The SMILES string of the molecule is C=C1NC(=O)N(c2cc(Cl)c(Oc3ccc(=O)n(C4CC4)c3)c(Cl)c2)N=C1C#N. The van der Waals surface area contributed by atoms with Crippen LogP contribution in [0.15, 0.2) is 52.6 Å². The molecule has 1 fully saturated rings. The van der Waals surface area contributed by atoms with Crippen molar-refractivity contribution in [3.05, 3.63) is 63.1 Å². The Hall–Kier alpha value is -3.28. The van der Waals surface area contributed by atoms with E-state index in [-0.39, 0.29) is 44.5 Å². The lowest BCUT2D eigenvalue weighted by molar-refractivity contribution is 0.248. The number of anilines is 1. The van der Waals surface area contributed by atoms with E-state index in [1.54, 1.807) is 10.8 Å². The van der Waals surface area contributed by atoms with Crippen molar-refractivity contribution in [2.24, 2.45) is 5.10 Å². The second-order valence-corrected chi connectivity index (χ2v) is 7.28. The number of hydrogen-bond donors (Lipinski definition) is 1. The highest BCUT2D eigenvalue weighted by Crippen LogP contribution is 2.41. The summed E-state index contributed by atoms with van der Waals surface area (Å²) in [6.07, 6.45) is 3.53. The van der Waals surface area contributed by atoms with Gasteiger partial charge in [0.1, 0.15) is 11.8 Å². The van der Waals surface area contributed by atoms with Gasteiger partial charge in [0, 0.05) is 12.1 Å². The number of halogens is 2. The molecule has 4 rings (SSSR count). The third-order valence-corrected chi connectivity index (χ3v) is 4.90. The van der Waals surface area contributed by atoms with E-state index in [4.69, 9.17) is 33.2 Å². The Morgan fingerprint density at radius 3 is 2.55 bits per heavy atom. The second kappa shape index (κ2) is 7.28. The van der Waals surface area contributed by atoms with Gasteiger partial charge in [-0.3, -0.25) is 4.79 Å². The van der Waals surface area contributed by atoms with Gasteiger partial charge in [-0.1, -0.05) is 29.8 Å². The van der Waals surface area contributed by atoms with Gasteiger partial charge in [-0.05, 0) is 31.0 Å². The molecule has 0 radical (unpaired) electrons. The van der Waals surface area contributed by atoms with Gasteiger partial charge in [-0.25, -0.2) is 4.79 Å². The first-order valence-electron chi connectivity index (χ1n) is 8.55. The molecule has 2 aliphatic rings.